The molecule has 0 aliphatic carbocycles. The molecule has 2 aromatic rings. The molecule has 0 aromatic heterocycles. The van der Waals surface area contributed by atoms with Crippen molar-refractivity contribution in [2.75, 3.05) is 6.54 Å². The second kappa shape index (κ2) is 7.10. The molecule has 0 bridgehead atoms. The molecule has 1 saturated heterocycles. The van der Waals surface area contributed by atoms with Gasteiger partial charge < -0.3 is 10.1 Å². The number of nitro benzene ring substituents is 1. The normalized spacial score (nSPS) is 17.2. The number of hydrogen-bond donors (Lipinski definition) is 2. The van der Waals surface area contributed by atoms with Crippen molar-refractivity contribution in [2.45, 2.75) is 19.2 Å². The fourth-order valence-electron chi connectivity index (χ4n) is 2.53. The lowest BCUT2D eigenvalue weighted by Gasteiger charge is -2.25. The molecule has 0 saturated carbocycles. The van der Waals surface area contributed by atoms with Crippen LogP contribution < -0.4 is 15.4 Å². The van der Waals surface area contributed by atoms with Crippen molar-refractivity contribution in [2.24, 2.45) is 0 Å². The molecule has 24 heavy (non-hydrogen) atoms. The fourth-order valence-corrected chi connectivity index (χ4v) is 2.53. The van der Waals surface area contributed by atoms with Gasteiger partial charge in [0.05, 0.1) is 4.92 Å². The van der Waals surface area contributed by atoms with Crippen molar-refractivity contribution in [3.05, 3.63) is 69.8 Å². The number of rotatable bonds is 5. The van der Waals surface area contributed by atoms with Gasteiger partial charge in [-0.15, -0.1) is 0 Å². The third-order valence-corrected chi connectivity index (χ3v) is 3.76. The summed E-state index contributed by atoms with van der Waals surface area (Å²) in [6, 6.07) is 14.2. The SMILES string of the molecule is O=C1CCN[C@@H](c2ccc(OCc3ccccc3)c([N+](=O)[O-])c2)N1. The maximum atomic E-state index is 11.5. The van der Waals surface area contributed by atoms with E-state index in [0.717, 1.165) is 5.56 Å². The van der Waals surface area contributed by atoms with Gasteiger partial charge >= 0.3 is 5.69 Å². The molecule has 7 heteroatoms. The molecule has 7 nitrogen and oxygen atoms in total. The van der Waals surface area contributed by atoms with E-state index in [4.69, 9.17) is 4.74 Å². The molecule has 0 unspecified atom stereocenters. The van der Waals surface area contributed by atoms with Crippen LogP contribution in [-0.2, 0) is 11.4 Å². The van der Waals surface area contributed by atoms with E-state index in [0.29, 0.717) is 18.5 Å². The van der Waals surface area contributed by atoms with Crippen molar-refractivity contribution in [3.8, 4) is 5.75 Å². The van der Waals surface area contributed by atoms with Crippen molar-refractivity contribution in [1.82, 2.24) is 10.6 Å². The summed E-state index contributed by atoms with van der Waals surface area (Å²) in [5, 5.41) is 17.2. The number of carbonyl (C=O) groups is 1. The van der Waals surface area contributed by atoms with E-state index in [1.807, 2.05) is 30.3 Å². The summed E-state index contributed by atoms with van der Waals surface area (Å²) < 4.78 is 5.60. The first-order valence-electron chi connectivity index (χ1n) is 7.61. The molecule has 2 aromatic carbocycles. The van der Waals surface area contributed by atoms with E-state index < -0.39 is 11.1 Å². The number of hydrogen-bond acceptors (Lipinski definition) is 5. The molecule has 124 valence electrons. The molecule has 1 fully saturated rings. The van der Waals surface area contributed by atoms with E-state index in [2.05, 4.69) is 10.6 Å². The van der Waals surface area contributed by atoms with E-state index in [9.17, 15) is 14.9 Å². The largest absolute Gasteiger partial charge is 0.482 e. The molecule has 3 rings (SSSR count). The number of nitrogens with one attached hydrogen (secondary N) is 2. The minimum Gasteiger partial charge on any atom is -0.482 e. The van der Waals surface area contributed by atoms with Crippen LogP contribution in [-0.4, -0.2) is 17.4 Å². The minimum atomic E-state index is -0.478. The number of amides is 1. The molecule has 0 radical (unpaired) electrons. The number of nitro groups is 1. The van der Waals surface area contributed by atoms with Gasteiger partial charge in [0.2, 0.25) is 5.91 Å². The fraction of sp³-hybridized carbons (Fsp3) is 0.235. The van der Waals surface area contributed by atoms with Crippen molar-refractivity contribution >= 4 is 11.6 Å². The van der Waals surface area contributed by atoms with Crippen LogP contribution in [0.3, 0.4) is 0 Å². The topological polar surface area (TPSA) is 93.5 Å². The lowest BCUT2D eigenvalue weighted by atomic mass is 10.1. The minimum absolute atomic E-state index is 0.0780. The maximum Gasteiger partial charge on any atom is 0.311 e. The van der Waals surface area contributed by atoms with E-state index in [-0.39, 0.29) is 24.0 Å². The predicted octanol–water partition coefficient (Wildman–Crippen LogP) is 2.28. The monoisotopic (exact) mass is 327 g/mol. The van der Waals surface area contributed by atoms with Gasteiger partial charge in [0, 0.05) is 19.0 Å². The summed E-state index contributed by atoms with van der Waals surface area (Å²) in [5.74, 6) is 0.126. The highest BCUT2D eigenvalue weighted by molar-refractivity contribution is 5.77. The van der Waals surface area contributed by atoms with Crippen LogP contribution in [0.4, 0.5) is 5.69 Å². The number of nitrogens with zero attached hydrogens (tertiary/aromatic N) is 1. The molecular weight excluding hydrogens is 310 g/mol. The van der Waals surface area contributed by atoms with Gasteiger partial charge in [0.1, 0.15) is 12.8 Å². The molecule has 1 aliphatic heterocycles. The molecule has 2 N–H and O–H groups in total. The molecule has 0 spiro atoms. The quantitative estimate of drug-likeness (QED) is 0.649. The van der Waals surface area contributed by atoms with Crippen molar-refractivity contribution in [1.29, 1.82) is 0 Å². The Morgan fingerprint density at radius 2 is 2.00 bits per heavy atom. The summed E-state index contributed by atoms with van der Waals surface area (Å²) in [7, 11) is 0. The van der Waals surface area contributed by atoms with Crippen LogP contribution in [0.5, 0.6) is 5.75 Å². The number of ether oxygens (including phenoxy) is 1. The van der Waals surface area contributed by atoms with Gasteiger partial charge in [-0.3, -0.25) is 20.2 Å². The summed E-state index contributed by atoms with van der Waals surface area (Å²) in [6.07, 6.45) is -0.0234. The molecule has 1 atom stereocenters. The van der Waals surface area contributed by atoms with Crippen LogP contribution in [0.1, 0.15) is 23.7 Å². The molecule has 1 aliphatic rings. The average molecular weight is 327 g/mol. The summed E-state index contributed by atoms with van der Waals surface area (Å²) in [6.45, 7) is 0.788. The van der Waals surface area contributed by atoms with E-state index in [1.54, 1.807) is 12.1 Å². The Bertz CT molecular complexity index is 749. The predicted molar refractivity (Wildman–Crippen MR) is 87.4 cm³/mol. The summed E-state index contributed by atoms with van der Waals surface area (Å²) in [5.41, 5.74) is 1.43. The molecular formula is C17H17N3O4. The summed E-state index contributed by atoms with van der Waals surface area (Å²) >= 11 is 0. The van der Waals surface area contributed by atoms with E-state index >= 15 is 0 Å². The van der Waals surface area contributed by atoms with Crippen molar-refractivity contribution < 1.29 is 14.5 Å². The number of carbonyl (C=O) groups excluding carboxylic acids is 1. The lowest BCUT2D eigenvalue weighted by Crippen LogP contribution is -2.44. The van der Waals surface area contributed by atoms with Gasteiger partial charge in [0.25, 0.3) is 0 Å². The Kier molecular flexibility index (Phi) is 4.72. The summed E-state index contributed by atoms with van der Waals surface area (Å²) in [4.78, 5) is 22.4. The van der Waals surface area contributed by atoms with Crippen LogP contribution in [0.25, 0.3) is 0 Å². The van der Waals surface area contributed by atoms with E-state index in [1.165, 1.54) is 6.07 Å². The zero-order valence-electron chi connectivity index (χ0n) is 12.9. The highest BCUT2D eigenvalue weighted by Crippen LogP contribution is 2.30. The first-order valence-corrected chi connectivity index (χ1v) is 7.61. The van der Waals surface area contributed by atoms with Gasteiger partial charge in [-0.1, -0.05) is 36.4 Å². The first kappa shape index (κ1) is 15.9. The Balaban J connectivity index is 1.79. The second-order valence-electron chi connectivity index (χ2n) is 5.46. The van der Waals surface area contributed by atoms with Crippen LogP contribution in [0, 0.1) is 10.1 Å². The molecule has 1 heterocycles. The smallest absolute Gasteiger partial charge is 0.311 e. The third-order valence-electron chi connectivity index (χ3n) is 3.76. The second-order valence-corrected chi connectivity index (χ2v) is 5.46. The van der Waals surface area contributed by atoms with Gasteiger partial charge in [-0.25, -0.2) is 0 Å². The lowest BCUT2D eigenvalue weighted by molar-refractivity contribution is -0.386. The standard InChI is InChI=1S/C17H17N3O4/c21-16-8-9-18-17(19-16)13-6-7-15(14(10-13)20(22)23)24-11-12-4-2-1-3-5-12/h1-7,10,17-18H,8-9,11H2,(H,19,21)/t17-/m1/s1. The van der Waals surface area contributed by atoms with Gasteiger partial charge in [-0.2, -0.15) is 0 Å². The average Bonchev–Trinajstić information content (AvgIpc) is 2.60. The Morgan fingerprint density at radius 1 is 1.21 bits per heavy atom. The Morgan fingerprint density at radius 3 is 2.71 bits per heavy atom. The molecule has 1 amide bonds. The van der Waals surface area contributed by atoms with Crippen LogP contribution >= 0.6 is 0 Å². The first-order chi connectivity index (χ1) is 11.6. The zero-order valence-corrected chi connectivity index (χ0v) is 12.9. The zero-order chi connectivity index (χ0) is 16.9. The highest BCUT2D eigenvalue weighted by Gasteiger charge is 2.23. The van der Waals surface area contributed by atoms with Crippen molar-refractivity contribution in [3.63, 3.8) is 0 Å². The van der Waals surface area contributed by atoms with Crippen LogP contribution in [0.15, 0.2) is 48.5 Å². The van der Waals surface area contributed by atoms with Gasteiger partial charge in [-0.05, 0) is 17.2 Å². The van der Waals surface area contributed by atoms with Gasteiger partial charge in [0.15, 0.2) is 5.75 Å². The number of benzene rings is 2. The highest BCUT2D eigenvalue weighted by atomic mass is 16.6. The Hall–Kier alpha value is -2.93. The van der Waals surface area contributed by atoms with Crippen LogP contribution in [0.2, 0.25) is 0 Å². The third kappa shape index (κ3) is 3.69. The maximum absolute atomic E-state index is 11.5. The Labute approximate surface area is 138 Å².